The van der Waals surface area contributed by atoms with Crippen molar-refractivity contribution in [3.05, 3.63) is 30.1 Å². The third-order valence-electron chi connectivity index (χ3n) is 2.98. The van der Waals surface area contributed by atoms with Crippen LogP contribution in [0, 0.1) is 5.92 Å². The van der Waals surface area contributed by atoms with Crippen molar-refractivity contribution in [1.29, 1.82) is 0 Å². The summed E-state index contributed by atoms with van der Waals surface area (Å²) < 4.78 is 4.71. The van der Waals surface area contributed by atoms with Gasteiger partial charge >= 0.3 is 5.97 Å². The van der Waals surface area contributed by atoms with Gasteiger partial charge in [0, 0.05) is 12.4 Å². The normalized spacial score (nSPS) is 15.8. The molecule has 0 bridgehead atoms. The third kappa shape index (κ3) is 3.29. The monoisotopic (exact) mass is 248 g/mol. The van der Waals surface area contributed by atoms with E-state index >= 15 is 0 Å². The van der Waals surface area contributed by atoms with Crippen LogP contribution in [0.1, 0.15) is 29.6 Å². The number of nitrogens with one attached hydrogen (secondary N) is 1. The van der Waals surface area contributed by atoms with Gasteiger partial charge in [-0.25, -0.2) is 4.79 Å². The highest BCUT2D eigenvalue weighted by Crippen LogP contribution is 2.33. The number of hydrogen-bond donors (Lipinski definition) is 1. The van der Waals surface area contributed by atoms with Gasteiger partial charge in [0.25, 0.3) is 5.91 Å². The standard InChI is InChI=1S/C13H16N2O3/c1-18-13(17)11(7-9-4-5-9)15-12(16)10-3-2-6-14-8-10/h2-3,6,8-9,11H,4-5,7H2,1H3,(H,15,16)/t11-/m1/s1. The van der Waals surface area contributed by atoms with Crippen molar-refractivity contribution < 1.29 is 14.3 Å². The van der Waals surface area contributed by atoms with Crippen LogP contribution in [0.15, 0.2) is 24.5 Å². The number of ether oxygens (including phenoxy) is 1. The number of rotatable bonds is 5. The fraction of sp³-hybridized carbons (Fsp3) is 0.462. The van der Waals surface area contributed by atoms with E-state index in [1.807, 2.05) is 0 Å². The van der Waals surface area contributed by atoms with Gasteiger partial charge in [-0.05, 0) is 24.5 Å². The Labute approximate surface area is 106 Å². The van der Waals surface area contributed by atoms with Crippen molar-refractivity contribution in [2.24, 2.45) is 5.92 Å². The molecular weight excluding hydrogens is 232 g/mol. The average molecular weight is 248 g/mol. The van der Waals surface area contributed by atoms with Crippen molar-refractivity contribution in [3.63, 3.8) is 0 Å². The Kier molecular flexibility index (Phi) is 3.92. The van der Waals surface area contributed by atoms with Crippen LogP contribution in [-0.2, 0) is 9.53 Å². The summed E-state index contributed by atoms with van der Waals surface area (Å²) in [6.07, 6.45) is 5.96. The molecule has 0 aliphatic heterocycles. The van der Waals surface area contributed by atoms with Gasteiger partial charge in [0.15, 0.2) is 0 Å². The number of pyridine rings is 1. The molecule has 1 heterocycles. The first kappa shape index (κ1) is 12.5. The minimum atomic E-state index is -0.560. The van der Waals surface area contributed by atoms with Gasteiger partial charge in [-0.15, -0.1) is 0 Å². The number of amides is 1. The molecule has 96 valence electrons. The number of nitrogens with zero attached hydrogens (tertiary/aromatic N) is 1. The number of methoxy groups -OCH3 is 1. The zero-order valence-corrected chi connectivity index (χ0v) is 10.3. The molecule has 1 atom stereocenters. The molecule has 1 fully saturated rings. The van der Waals surface area contributed by atoms with E-state index in [9.17, 15) is 9.59 Å². The first-order chi connectivity index (χ1) is 8.70. The van der Waals surface area contributed by atoms with Crippen LogP contribution >= 0.6 is 0 Å². The molecule has 5 heteroatoms. The molecule has 1 aromatic heterocycles. The molecule has 1 aliphatic rings. The smallest absolute Gasteiger partial charge is 0.328 e. The van der Waals surface area contributed by atoms with Crippen LogP contribution in [0.2, 0.25) is 0 Å². The summed E-state index contributed by atoms with van der Waals surface area (Å²) in [5.74, 6) is -0.151. The van der Waals surface area contributed by atoms with Crippen LogP contribution in [0.4, 0.5) is 0 Å². The van der Waals surface area contributed by atoms with Gasteiger partial charge in [-0.2, -0.15) is 0 Å². The molecule has 0 saturated heterocycles. The van der Waals surface area contributed by atoms with Crippen molar-refractivity contribution >= 4 is 11.9 Å². The maximum atomic E-state index is 11.9. The third-order valence-corrected chi connectivity index (χ3v) is 2.98. The van der Waals surface area contributed by atoms with E-state index in [1.54, 1.807) is 18.3 Å². The second-order valence-corrected chi connectivity index (χ2v) is 4.47. The highest BCUT2D eigenvalue weighted by atomic mass is 16.5. The summed E-state index contributed by atoms with van der Waals surface area (Å²) in [4.78, 5) is 27.4. The molecular formula is C13H16N2O3. The van der Waals surface area contributed by atoms with E-state index in [2.05, 4.69) is 10.3 Å². The molecule has 0 aromatic carbocycles. The predicted octanol–water partition coefficient (Wildman–Crippen LogP) is 1.15. The number of hydrogen-bond acceptors (Lipinski definition) is 4. The van der Waals surface area contributed by atoms with E-state index < -0.39 is 6.04 Å². The van der Waals surface area contributed by atoms with E-state index in [1.165, 1.54) is 13.3 Å². The highest BCUT2D eigenvalue weighted by molar-refractivity contribution is 5.96. The zero-order valence-electron chi connectivity index (χ0n) is 10.3. The molecule has 1 aliphatic carbocycles. The van der Waals surface area contributed by atoms with E-state index in [-0.39, 0.29) is 11.9 Å². The lowest BCUT2D eigenvalue weighted by molar-refractivity contribution is -0.143. The molecule has 18 heavy (non-hydrogen) atoms. The maximum Gasteiger partial charge on any atom is 0.328 e. The molecule has 5 nitrogen and oxygen atoms in total. The lowest BCUT2D eigenvalue weighted by Crippen LogP contribution is -2.41. The minimum Gasteiger partial charge on any atom is -0.467 e. The van der Waals surface area contributed by atoms with Gasteiger partial charge < -0.3 is 10.1 Å². The van der Waals surface area contributed by atoms with E-state index in [0.717, 1.165) is 12.8 Å². The lowest BCUT2D eigenvalue weighted by atomic mass is 10.1. The summed E-state index contributed by atoms with van der Waals surface area (Å²) in [7, 11) is 1.33. The molecule has 2 rings (SSSR count). The Bertz CT molecular complexity index is 429. The van der Waals surface area contributed by atoms with Crippen molar-refractivity contribution in [2.45, 2.75) is 25.3 Å². The number of esters is 1. The van der Waals surface area contributed by atoms with Crippen molar-refractivity contribution in [1.82, 2.24) is 10.3 Å². The van der Waals surface area contributed by atoms with E-state index in [4.69, 9.17) is 4.74 Å². The Morgan fingerprint density at radius 1 is 1.56 bits per heavy atom. The number of carbonyl (C=O) groups excluding carboxylic acids is 2. The quantitative estimate of drug-likeness (QED) is 0.794. The van der Waals surface area contributed by atoms with E-state index in [0.29, 0.717) is 17.9 Å². The van der Waals surface area contributed by atoms with Gasteiger partial charge in [0.05, 0.1) is 12.7 Å². The van der Waals surface area contributed by atoms with Crippen LogP contribution in [0.5, 0.6) is 0 Å². The number of carbonyl (C=O) groups is 2. The summed E-state index contributed by atoms with van der Waals surface area (Å²) in [5, 5.41) is 2.70. The topological polar surface area (TPSA) is 68.3 Å². The Morgan fingerprint density at radius 2 is 2.33 bits per heavy atom. The highest BCUT2D eigenvalue weighted by Gasteiger charge is 2.31. The molecule has 1 aromatic rings. The van der Waals surface area contributed by atoms with Gasteiger partial charge in [-0.3, -0.25) is 9.78 Å². The zero-order chi connectivity index (χ0) is 13.0. The second kappa shape index (κ2) is 5.62. The van der Waals surface area contributed by atoms with Crippen LogP contribution in [0.25, 0.3) is 0 Å². The second-order valence-electron chi connectivity index (χ2n) is 4.47. The van der Waals surface area contributed by atoms with Crippen LogP contribution in [0.3, 0.4) is 0 Å². The first-order valence-corrected chi connectivity index (χ1v) is 5.99. The molecule has 1 N–H and O–H groups in total. The summed E-state index contributed by atoms with van der Waals surface area (Å²) in [6.45, 7) is 0. The molecule has 1 saturated carbocycles. The largest absolute Gasteiger partial charge is 0.467 e. The Morgan fingerprint density at radius 3 is 2.89 bits per heavy atom. The Balaban J connectivity index is 1.99. The molecule has 0 radical (unpaired) electrons. The van der Waals surface area contributed by atoms with Crippen molar-refractivity contribution in [3.8, 4) is 0 Å². The lowest BCUT2D eigenvalue weighted by Gasteiger charge is -2.15. The SMILES string of the molecule is COC(=O)[C@@H](CC1CC1)NC(=O)c1cccnc1. The summed E-state index contributed by atoms with van der Waals surface area (Å²) in [5.41, 5.74) is 0.446. The fourth-order valence-electron chi connectivity index (χ4n) is 1.78. The molecule has 0 unspecified atom stereocenters. The maximum absolute atomic E-state index is 11.9. The van der Waals surface area contributed by atoms with Crippen LogP contribution < -0.4 is 5.32 Å². The molecule has 1 amide bonds. The summed E-state index contributed by atoms with van der Waals surface area (Å²) >= 11 is 0. The van der Waals surface area contributed by atoms with Gasteiger partial charge in [0.2, 0.25) is 0 Å². The minimum absolute atomic E-state index is 0.292. The van der Waals surface area contributed by atoms with Gasteiger partial charge in [-0.1, -0.05) is 12.8 Å². The fourth-order valence-corrected chi connectivity index (χ4v) is 1.78. The van der Waals surface area contributed by atoms with Crippen molar-refractivity contribution in [2.75, 3.05) is 7.11 Å². The summed E-state index contributed by atoms with van der Waals surface area (Å²) in [6, 6.07) is 2.78. The van der Waals surface area contributed by atoms with Crippen LogP contribution in [-0.4, -0.2) is 30.0 Å². The Hall–Kier alpha value is -1.91. The van der Waals surface area contributed by atoms with Gasteiger partial charge in [0.1, 0.15) is 6.04 Å². The first-order valence-electron chi connectivity index (χ1n) is 5.99. The number of aromatic nitrogens is 1. The average Bonchev–Trinajstić information content (AvgIpc) is 3.22. The predicted molar refractivity (Wildman–Crippen MR) is 64.8 cm³/mol. The molecule has 0 spiro atoms.